The normalized spacial score (nSPS) is 13.8. The standard InChI is InChI=1S/C15H30O/c1-7-9-10-11-12-16-14(8-2)13(3)15(4,5)6/h14H,3,7-12H2,1-2,4-6H3. The Morgan fingerprint density at radius 3 is 2.19 bits per heavy atom. The number of hydrogen-bond acceptors (Lipinski definition) is 1. The molecule has 0 rings (SSSR count). The molecule has 0 spiro atoms. The lowest BCUT2D eigenvalue weighted by Crippen LogP contribution is -2.24. The van der Waals surface area contributed by atoms with Gasteiger partial charge in [0.15, 0.2) is 0 Å². The SMILES string of the molecule is C=C(C(CC)OCCCCCC)C(C)(C)C. The van der Waals surface area contributed by atoms with Crippen molar-refractivity contribution in [3.05, 3.63) is 12.2 Å². The van der Waals surface area contributed by atoms with Gasteiger partial charge in [-0.05, 0) is 23.8 Å². The molecule has 0 radical (unpaired) electrons. The van der Waals surface area contributed by atoms with Crippen LogP contribution in [0, 0.1) is 5.41 Å². The second-order valence-electron chi connectivity index (χ2n) is 5.60. The molecule has 1 nitrogen and oxygen atoms in total. The van der Waals surface area contributed by atoms with Crippen LogP contribution in [0.25, 0.3) is 0 Å². The smallest absolute Gasteiger partial charge is 0.0784 e. The second kappa shape index (κ2) is 7.89. The molecule has 0 aliphatic heterocycles. The predicted octanol–water partition coefficient (Wildman–Crippen LogP) is 4.96. The van der Waals surface area contributed by atoms with Gasteiger partial charge in [0.2, 0.25) is 0 Å². The van der Waals surface area contributed by atoms with Crippen LogP contribution in [0.3, 0.4) is 0 Å². The fraction of sp³-hybridized carbons (Fsp3) is 0.867. The summed E-state index contributed by atoms with van der Waals surface area (Å²) in [6.45, 7) is 16.1. The van der Waals surface area contributed by atoms with Crippen molar-refractivity contribution in [1.82, 2.24) is 0 Å². The van der Waals surface area contributed by atoms with E-state index in [1.165, 1.54) is 31.3 Å². The highest BCUT2D eigenvalue weighted by molar-refractivity contribution is 5.11. The minimum atomic E-state index is 0.157. The fourth-order valence-corrected chi connectivity index (χ4v) is 1.70. The summed E-state index contributed by atoms with van der Waals surface area (Å²) in [6.07, 6.45) is 6.34. The predicted molar refractivity (Wildman–Crippen MR) is 72.8 cm³/mol. The van der Waals surface area contributed by atoms with E-state index >= 15 is 0 Å². The van der Waals surface area contributed by atoms with Crippen LogP contribution in [0.1, 0.15) is 66.7 Å². The van der Waals surface area contributed by atoms with Crippen LogP contribution in [-0.2, 0) is 4.74 Å². The number of rotatable bonds is 8. The molecule has 1 unspecified atom stereocenters. The van der Waals surface area contributed by atoms with Crippen LogP contribution in [0.5, 0.6) is 0 Å². The van der Waals surface area contributed by atoms with Crippen molar-refractivity contribution in [3.63, 3.8) is 0 Å². The number of ether oxygens (including phenoxy) is 1. The average Bonchev–Trinajstić information content (AvgIpc) is 2.21. The maximum absolute atomic E-state index is 5.93. The molecule has 1 heteroatoms. The van der Waals surface area contributed by atoms with E-state index in [0.717, 1.165) is 13.0 Å². The highest BCUT2D eigenvalue weighted by Crippen LogP contribution is 2.29. The molecule has 0 amide bonds. The van der Waals surface area contributed by atoms with E-state index in [9.17, 15) is 0 Å². The summed E-state index contributed by atoms with van der Waals surface area (Å²) in [5, 5.41) is 0. The molecule has 0 N–H and O–H groups in total. The maximum atomic E-state index is 5.93. The lowest BCUT2D eigenvalue weighted by Gasteiger charge is -2.29. The molecule has 0 heterocycles. The van der Waals surface area contributed by atoms with Crippen molar-refractivity contribution in [2.45, 2.75) is 72.8 Å². The van der Waals surface area contributed by atoms with Gasteiger partial charge in [-0.1, -0.05) is 60.5 Å². The molecule has 0 saturated carbocycles. The van der Waals surface area contributed by atoms with Gasteiger partial charge in [0.1, 0.15) is 0 Å². The van der Waals surface area contributed by atoms with Crippen LogP contribution in [-0.4, -0.2) is 12.7 Å². The fourth-order valence-electron chi connectivity index (χ4n) is 1.70. The van der Waals surface area contributed by atoms with Crippen molar-refractivity contribution in [1.29, 1.82) is 0 Å². The Morgan fingerprint density at radius 1 is 1.12 bits per heavy atom. The molecule has 0 aliphatic carbocycles. The quantitative estimate of drug-likeness (QED) is 0.419. The van der Waals surface area contributed by atoms with Crippen LogP contribution < -0.4 is 0 Å². The van der Waals surface area contributed by atoms with Gasteiger partial charge in [-0.2, -0.15) is 0 Å². The van der Waals surface area contributed by atoms with Crippen molar-refractivity contribution >= 4 is 0 Å². The van der Waals surface area contributed by atoms with Gasteiger partial charge in [-0.15, -0.1) is 0 Å². The average molecular weight is 226 g/mol. The maximum Gasteiger partial charge on any atom is 0.0784 e. The zero-order valence-corrected chi connectivity index (χ0v) is 11.9. The first kappa shape index (κ1) is 15.7. The summed E-state index contributed by atoms with van der Waals surface area (Å²) >= 11 is 0. The summed E-state index contributed by atoms with van der Waals surface area (Å²) in [6, 6.07) is 0. The molecule has 0 fully saturated rings. The van der Waals surface area contributed by atoms with E-state index < -0.39 is 0 Å². The molecular weight excluding hydrogens is 196 g/mol. The molecular formula is C15H30O. The summed E-state index contributed by atoms with van der Waals surface area (Å²) < 4.78 is 5.93. The van der Waals surface area contributed by atoms with Gasteiger partial charge < -0.3 is 4.74 Å². The largest absolute Gasteiger partial charge is 0.374 e. The minimum absolute atomic E-state index is 0.157. The third kappa shape index (κ3) is 6.32. The third-order valence-corrected chi connectivity index (χ3v) is 3.04. The first-order chi connectivity index (χ1) is 7.43. The zero-order valence-electron chi connectivity index (χ0n) is 11.9. The van der Waals surface area contributed by atoms with Crippen molar-refractivity contribution in [2.24, 2.45) is 5.41 Å². The van der Waals surface area contributed by atoms with Gasteiger partial charge in [0, 0.05) is 6.61 Å². The van der Waals surface area contributed by atoms with Gasteiger partial charge in [-0.3, -0.25) is 0 Å². The summed E-state index contributed by atoms with van der Waals surface area (Å²) in [5.74, 6) is 0. The van der Waals surface area contributed by atoms with Crippen LogP contribution >= 0.6 is 0 Å². The van der Waals surface area contributed by atoms with E-state index in [2.05, 4.69) is 41.2 Å². The van der Waals surface area contributed by atoms with E-state index in [4.69, 9.17) is 4.74 Å². The molecule has 1 atom stereocenters. The summed E-state index contributed by atoms with van der Waals surface area (Å²) in [7, 11) is 0. The van der Waals surface area contributed by atoms with Gasteiger partial charge in [0.05, 0.1) is 6.10 Å². The highest BCUT2D eigenvalue weighted by Gasteiger charge is 2.22. The van der Waals surface area contributed by atoms with Crippen LogP contribution in [0.4, 0.5) is 0 Å². The van der Waals surface area contributed by atoms with Gasteiger partial charge in [0.25, 0.3) is 0 Å². The molecule has 0 saturated heterocycles. The summed E-state index contributed by atoms with van der Waals surface area (Å²) in [4.78, 5) is 0. The molecule has 16 heavy (non-hydrogen) atoms. The molecule has 0 bridgehead atoms. The molecule has 0 aliphatic rings. The van der Waals surface area contributed by atoms with E-state index in [-0.39, 0.29) is 11.5 Å². The van der Waals surface area contributed by atoms with Crippen LogP contribution in [0.15, 0.2) is 12.2 Å². The van der Waals surface area contributed by atoms with Crippen molar-refractivity contribution in [3.8, 4) is 0 Å². The topological polar surface area (TPSA) is 9.23 Å². The molecule has 0 aromatic heterocycles. The van der Waals surface area contributed by atoms with Crippen molar-refractivity contribution < 1.29 is 4.74 Å². The van der Waals surface area contributed by atoms with E-state index in [1.807, 2.05) is 0 Å². The molecule has 96 valence electrons. The monoisotopic (exact) mass is 226 g/mol. The Balaban J connectivity index is 3.88. The summed E-state index contributed by atoms with van der Waals surface area (Å²) in [5.41, 5.74) is 1.38. The van der Waals surface area contributed by atoms with Gasteiger partial charge in [-0.25, -0.2) is 0 Å². The zero-order chi connectivity index (χ0) is 12.6. The minimum Gasteiger partial charge on any atom is -0.374 e. The Labute approximate surface area is 102 Å². The van der Waals surface area contributed by atoms with Gasteiger partial charge >= 0.3 is 0 Å². The number of hydrogen-bond donors (Lipinski definition) is 0. The lowest BCUT2D eigenvalue weighted by atomic mass is 9.83. The number of unbranched alkanes of at least 4 members (excludes halogenated alkanes) is 3. The molecule has 0 aromatic rings. The third-order valence-electron chi connectivity index (χ3n) is 3.04. The lowest BCUT2D eigenvalue weighted by molar-refractivity contribution is 0.0606. The Morgan fingerprint density at radius 2 is 1.75 bits per heavy atom. The molecule has 0 aromatic carbocycles. The van der Waals surface area contributed by atoms with E-state index in [1.54, 1.807) is 0 Å². The van der Waals surface area contributed by atoms with Crippen LogP contribution in [0.2, 0.25) is 0 Å². The van der Waals surface area contributed by atoms with Crippen molar-refractivity contribution in [2.75, 3.05) is 6.61 Å². The Kier molecular flexibility index (Phi) is 7.74. The second-order valence-corrected chi connectivity index (χ2v) is 5.60. The Bertz CT molecular complexity index is 188. The first-order valence-corrected chi connectivity index (χ1v) is 6.74. The first-order valence-electron chi connectivity index (χ1n) is 6.74. The van der Waals surface area contributed by atoms with E-state index in [0.29, 0.717) is 0 Å². The highest BCUT2D eigenvalue weighted by atomic mass is 16.5. The Hall–Kier alpha value is -0.300.